The van der Waals surface area contributed by atoms with Crippen molar-refractivity contribution in [3.8, 4) is 6.07 Å². The molecule has 5 heteroatoms. The van der Waals surface area contributed by atoms with Crippen LogP contribution in [0.15, 0.2) is 42.7 Å². The molecule has 1 aromatic carbocycles. The van der Waals surface area contributed by atoms with Crippen molar-refractivity contribution in [1.82, 2.24) is 0 Å². The van der Waals surface area contributed by atoms with Crippen LogP contribution < -0.4 is 9.88 Å². The molecule has 22 heavy (non-hydrogen) atoms. The lowest BCUT2D eigenvalue weighted by atomic mass is 10.1. The Morgan fingerprint density at radius 1 is 1.32 bits per heavy atom. The van der Waals surface area contributed by atoms with E-state index in [0.717, 1.165) is 12.8 Å². The molecule has 2 rings (SSSR count). The van der Waals surface area contributed by atoms with Crippen LogP contribution in [0.1, 0.15) is 24.5 Å². The fourth-order valence-corrected chi connectivity index (χ4v) is 2.29. The molecule has 0 unspecified atom stereocenters. The zero-order chi connectivity index (χ0) is 15.9. The number of nitrogens with zero attached hydrogens (tertiary/aromatic N) is 2. The molecule has 0 aliphatic carbocycles. The lowest BCUT2D eigenvalue weighted by Gasteiger charge is -2.06. The highest BCUT2D eigenvalue weighted by atomic mass is 35.5. The fraction of sp³-hybridized carbons (Fsp3) is 0.235. The highest BCUT2D eigenvalue weighted by molar-refractivity contribution is 6.31. The summed E-state index contributed by atoms with van der Waals surface area (Å²) in [5.74, 6) is -0.202. The minimum atomic E-state index is -0.202. The Morgan fingerprint density at radius 3 is 2.68 bits per heavy atom. The summed E-state index contributed by atoms with van der Waals surface area (Å²) < 4.78 is 1.80. The van der Waals surface area contributed by atoms with Crippen molar-refractivity contribution in [2.24, 2.45) is 0 Å². The fourth-order valence-electron chi connectivity index (χ4n) is 2.12. The number of aromatic nitrogens is 1. The molecule has 2 aromatic rings. The second-order valence-corrected chi connectivity index (χ2v) is 5.42. The molecule has 1 amide bonds. The largest absolute Gasteiger partial charge is 0.319 e. The van der Waals surface area contributed by atoms with Gasteiger partial charge in [-0.15, -0.1) is 0 Å². The number of carbonyl (C=O) groups is 1. The first-order chi connectivity index (χ1) is 10.6. The number of aryl methyl sites for hydroxylation is 1. The van der Waals surface area contributed by atoms with Gasteiger partial charge in [0, 0.05) is 17.2 Å². The minimum Gasteiger partial charge on any atom is -0.319 e. The van der Waals surface area contributed by atoms with Gasteiger partial charge in [0.25, 0.3) is 5.91 Å². The van der Waals surface area contributed by atoms with E-state index in [2.05, 4.69) is 12.2 Å². The first-order valence-corrected chi connectivity index (χ1v) is 7.47. The minimum absolute atomic E-state index is 0.184. The number of nitriles is 1. The van der Waals surface area contributed by atoms with Crippen molar-refractivity contribution >= 4 is 23.2 Å². The first-order valence-electron chi connectivity index (χ1n) is 7.10. The number of pyridine rings is 1. The summed E-state index contributed by atoms with van der Waals surface area (Å²) in [6.45, 7) is 2.32. The molecule has 1 aromatic heterocycles. The number of hydrogen-bond acceptors (Lipinski definition) is 2. The molecular weight excluding hydrogens is 298 g/mol. The zero-order valence-corrected chi connectivity index (χ0v) is 13.1. The maximum atomic E-state index is 12.1. The van der Waals surface area contributed by atoms with Gasteiger partial charge in [0.15, 0.2) is 12.4 Å². The highest BCUT2D eigenvalue weighted by Gasteiger charge is 2.12. The van der Waals surface area contributed by atoms with Gasteiger partial charge in [0.05, 0.1) is 11.3 Å². The predicted molar refractivity (Wildman–Crippen MR) is 85.4 cm³/mol. The van der Waals surface area contributed by atoms with Gasteiger partial charge in [0.2, 0.25) is 6.54 Å². The van der Waals surface area contributed by atoms with Crippen LogP contribution in [0.2, 0.25) is 5.02 Å². The average molecular weight is 315 g/mol. The molecule has 0 fully saturated rings. The first kappa shape index (κ1) is 16.0. The van der Waals surface area contributed by atoms with Gasteiger partial charge in [-0.05, 0) is 30.2 Å². The number of halogens is 1. The third kappa shape index (κ3) is 4.31. The number of rotatable bonds is 5. The summed E-state index contributed by atoms with van der Waals surface area (Å²) in [6.07, 6.45) is 5.89. The van der Waals surface area contributed by atoms with Crippen LogP contribution in [0.25, 0.3) is 0 Å². The number of anilines is 1. The Morgan fingerprint density at radius 2 is 2.05 bits per heavy atom. The van der Waals surface area contributed by atoms with Gasteiger partial charge < -0.3 is 5.32 Å². The summed E-state index contributed by atoms with van der Waals surface area (Å²) in [4.78, 5) is 12.1. The Hall–Kier alpha value is -2.38. The Bertz CT molecular complexity index is 705. The van der Waals surface area contributed by atoms with Gasteiger partial charge in [-0.25, -0.2) is 0 Å². The van der Waals surface area contributed by atoms with Crippen LogP contribution in [0.3, 0.4) is 0 Å². The van der Waals surface area contributed by atoms with Crippen molar-refractivity contribution in [2.75, 3.05) is 5.32 Å². The van der Waals surface area contributed by atoms with Crippen LogP contribution in [0, 0.1) is 11.3 Å². The van der Waals surface area contributed by atoms with E-state index in [1.54, 1.807) is 22.8 Å². The Kier molecular flexibility index (Phi) is 5.51. The molecule has 0 saturated heterocycles. The van der Waals surface area contributed by atoms with Crippen LogP contribution in [-0.2, 0) is 17.8 Å². The molecule has 0 bridgehead atoms. The summed E-state index contributed by atoms with van der Waals surface area (Å²) in [5.41, 5.74) is 2.07. The van der Waals surface area contributed by atoms with E-state index < -0.39 is 0 Å². The van der Waals surface area contributed by atoms with E-state index in [9.17, 15) is 4.79 Å². The normalized spacial score (nSPS) is 10.0. The number of benzene rings is 1. The maximum absolute atomic E-state index is 12.1. The third-order valence-corrected chi connectivity index (χ3v) is 3.44. The van der Waals surface area contributed by atoms with Crippen molar-refractivity contribution in [2.45, 2.75) is 26.3 Å². The molecule has 0 aliphatic rings. The molecule has 0 saturated carbocycles. The molecule has 0 aliphatic heterocycles. The molecular formula is C17H17ClN3O+. The van der Waals surface area contributed by atoms with E-state index in [4.69, 9.17) is 16.9 Å². The second kappa shape index (κ2) is 7.58. The van der Waals surface area contributed by atoms with Gasteiger partial charge in [-0.1, -0.05) is 24.9 Å². The van der Waals surface area contributed by atoms with E-state index in [-0.39, 0.29) is 12.5 Å². The lowest BCUT2D eigenvalue weighted by Crippen LogP contribution is -2.39. The number of carbonyl (C=O) groups excluding carboxylic acids is 1. The van der Waals surface area contributed by atoms with E-state index in [1.165, 1.54) is 5.56 Å². The quantitative estimate of drug-likeness (QED) is 0.862. The van der Waals surface area contributed by atoms with Crippen molar-refractivity contribution in [3.05, 3.63) is 58.9 Å². The van der Waals surface area contributed by atoms with Crippen LogP contribution >= 0.6 is 11.6 Å². The molecule has 1 heterocycles. The third-order valence-electron chi connectivity index (χ3n) is 3.20. The van der Waals surface area contributed by atoms with Gasteiger partial charge in [-0.3, -0.25) is 4.79 Å². The molecule has 0 radical (unpaired) electrons. The molecule has 1 N–H and O–H groups in total. The van der Waals surface area contributed by atoms with E-state index in [0.29, 0.717) is 16.3 Å². The zero-order valence-electron chi connectivity index (χ0n) is 12.3. The topological polar surface area (TPSA) is 56.8 Å². The molecule has 0 spiro atoms. The van der Waals surface area contributed by atoms with Crippen LogP contribution in [0.5, 0.6) is 0 Å². The lowest BCUT2D eigenvalue weighted by molar-refractivity contribution is -0.684. The van der Waals surface area contributed by atoms with E-state index >= 15 is 0 Å². The average Bonchev–Trinajstić information content (AvgIpc) is 2.50. The van der Waals surface area contributed by atoms with Crippen LogP contribution in [-0.4, -0.2) is 5.91 Å². The Balaban J connectivity index is 2.04. The monoisotopic (exact) mass is 314 g/mol. The van der Waals surface area contributed by atoms with E-state index in [1.807, 2.05) is 30.6 Å². The highest BCUT2D eigenvalue weighted by Crippen LogP contribution is 2.20. The van der Waals surface area contributed by atoms with Gasteiger partial charge >= 0.3 is 0 Å². The standard InChI is InChI=1S/C17H16ClN3O/c1-2-3-13-6-8-21(9-7-13)12-17(22)20-16-10-15(18)5-4-14(16)11-19/h4-10H,2-3,12H2,1H3/p+1. The smallest absolute Gasteiger partial charge is 0.290 e. The maximum Gasteiger partial charge on any atom is 0.290 e. The molecule has 112 valence electrons. The Labute approximate surface area is 135 Å². The SMILES string of the molecule is CCCc1cc[n+](CC(=O)Nc2cc(Cl)ccc2C#N)cc1. The van der Waals surface area contributed by atoms with Crippen LogP contribution in [0.4, 0.5) is 5.69 Å². The van der Waals surface area contributed by atoms with Crippen molar-refractivity contribution in [3.63, 3.8) is 0 Å². The second-order valence-electron chi connectivity index (χ2n) is 4.98. The molecule has 0 atom stereocenters. The van der Waals surface area contributed by atoms with Gasteiger partial charge in [-0.2, -0.15) is 9.83 Å². The number of hydrogen-bond donors (Lipinski definition) is 1. The number of nitrogens with one attached hydrogen (secondary N) is 1. The van der Waals surface area contributed by atoms with Gasteiger partial charge in [0.1, 0.15) is 6.07 Å². The predicted octanol–water partition coefficient (Wildman–Crippen LogP) is 3.09. The van der Waals surface area contributed by atoms with Crippen molar-refractivity contribution < 1.29 is 9.36 Å². The summed E-state index contributed by atoms with van der Waals surface area (Å²) in [5, 5.41) is 12.2. The summed E-state index contributed by atoms with van der Waals surface area (Å²) in [6, 6.07) is 10.8. The summed E-state index contributed by atoms with van der Waals surface area (Å²) >= 11 is 5.90. The molecule has 4 nitrogen and oxygen atoms in total. The summed E-state index contributed by atoms with van der Waals surface area (Å²) in [7, 11) is 0. The van der Waals surface area contributed by atoms with Crippen molar-refractivity contribution in [1.29, 1.82) is 5.26 Å². The number of amides is 1.